The van der Waals surface area contributed by atoms with E-state index < -0.39 is 0 Å². The molecule has 2 fully saturated rings. The van der Waals surface area contributed by atoms with Crippen molar-refractivity contribution in [2.24, 2.45) is 4.99 Å². The number of aryl methyl sites for hydroxylation is 3. The molecule has 2 saturated heterocycles. The van der Waals surface area contributed by atoms with E-state index in [0.717, 1.165) is 101 Å². The number of unbranched alkanes of at least 4 members (excludes halogenated alkanes) is 3. The summed E-state index contributed by atoms with van der Waals surface area (Å²) in [4.78, 5) is 41.4. The van der Waals surface area contributed by atoms with Gasteiger partial charge in [0.25, 0.3) is 0 Å². The first-order valence-corrected chi connectivity index (χ1v) is 18.8. The normalized spacial score (nSPS) is 19.0. The van der Waals surface area contributed by atoms with Crippen LogP contribution in [0.3, 0.4) is 0 Å². The average Bonchev–Trinajstić information content (AvgIpc) is 3.61. The van der Waals surface area contributed by atoms with Gasteiger partial charge in [0.1, 0.15) is 11.3 Å². The van der Waals surface area contributed by atoms with Crippen molar-refractivity contribution >= 4 is 46.3 Å². The summed E-state index contributed by atoms with van der Waals surface area (Å²) in [6.45, 7) is 11.1. The first-order chi connectivity index (χ1) is 23.3. The molecule has 0 bridgehead atoms. The molecule has 4 amide bonds. The lowest BCUT2D eigenvalue weighted by molar-refractivity contribution is -0.121. The molecule has 1 aliphatic carbocycles. The lowest BCUT2D eigenvalue weighted by Crippen LogP contribution is -2.36. The largest absolute Gasteiger partial charge is 0.456 e. The lowest BCUT2D eigenvalue weighted by atomic mass is 9.93. The number of hydrogen-bond donors (Lipinski definition) is 5. The van der Waals surface area contributed by atoms with Gasteiger partial charge in [0.2, 0.25) is 11.8 Å². The Morgan fingerprint density at radius 3 is 2.46 bits per heavy atom. The van der Waals surface area contributed by atoms with Gasteiger partial charge in [0.05, 0.1) is 17.4 Å². The summed E-state index contributed by atoms with van der Waals surface area (Å²) < 4.78 is 6.42. The number of nitrogens with zero attached hydrogens (tertiary/aromatic N) is 1. The molecule has 3 aliphatic heterocycles. The minimum Gasteiger partial charge on any atom is -0.456 e. The second kappa shape index (κ2) is 17.1. The summed E-state index contributed by atoms with van der Waals surface area (Å²) in [6.07, 6.45) is 7.12. The number of benzene rings is 2. The van der Waals surface area contributed by atoms with Crippen LogP contribution in [-0.2, 0) is 16.0 Å². The van der Waals surface area contributed by atoms with Crippen LogP contribution in [0.15, 0.2) is 33.7 Å². The molecule has 0 spiro atoms. The highest BCUT2D eigenvalue weighted by atomic mass is 32.2. The first kappa shape index (κ1) is 35.6. The van der Waals surface area contributed by atoms with Crippen molar-refractivity contribution in [2.75, 3.05) is 37.2 Å². The van der Waals surface area contributed by atoms with E-state index in [0.29, 0.717) is 44.1 Å². The third-order valence-electron chi connectivity index (χ3n) is 9.37. The highest BCUT2D eigenvalue weighted by molar-refractivity contribution is 8.00. The highest BCUT2D eigenvalue weighted by Gasteiger charge is 2.42. The van der Waals surface area contributed by atoms with Crippen LogP contribution in [0.1, 0.15) is 81.9 Å². The second-order valence-corrected chi connectivity index (χ2v) is 14.3. The molecule has 3 heterocycles. The number of carbonyl (C=O) groups is 3. The van der Waals surface area contributed by atoms with E-state index in [4.69, 9.17) is 4.42 Å². The molecule has 1 aromatic carbocycles. The second-order valence-electron chi connectivity index (χ2n) is 13.0. The third-order valence-corrected chi connectivity index (χ3v) is 10.9. The molecule has 4 aliphatic rings. The maximum atomic E-state index is 12.9. The molecular formula is C37H52N6O4S. The molecule has 0 saturated carbocycles. The van der Waals surface area contributed by atoms with Crippen molar-refractivity contribution in [3.05, 3.63) is 46.3 Å². The molecule has 5 N–H and O–H groups in total. The summed E-state index contributed by atoms with van der Waals surface area (Å²) in [7, 11) is 0. The van der Waals surface area contributed by atoms with Crippen LogP contribution in [0, 0.1) is 13.8 Å². The van der Waals surface area contributed by atoms with E-state index in [9.17, 15) is 14.4 Å². The van der Waals surface area contributed by atoms with Crippen molar-refractivity contribution in [1.82, 2.24) is 21.3 Å². The Balaban J connectivity index is 1.03. The number of urea groups is 1. The van der Waals surface area contributed by atoms with Gasteiger partial charge >= 0.3 is 6.03 Å². The zero-order valence-electron chi connectivity index (χ0n) is 28.9. The van der Waals surface area contributed by atoms with Crippen LogP contribution in [0.5, 0.6) is 0 Å². The summed E-state index contributed by atoms with van der Waals surface area (Å²) in [5, 5.41) is 18.0. The predicted molar refractivity (Wildman–Crippen MR) is 195 cm³/mol. The van der Waals surface area contributed by atoms with Gasteiger partial charge in [0.15, 0.2) is 0 Å². The molecule has 5 rings (SSSR count). The smallest absolute Gasteiger partial charge is 0.315 e. The van der Waals surface area contributed by atoms with Gasteiger partial charge in [-0.1, -0.05) is 6.42 Å². The van der Waals surface area contributed by atoms with Crippen molar-refractivity contribution < 1.29 is 18.8 Å². The monoisotopic (exact) mass is 676 g/mol. The molecule has 48 heavy (non-hydrogen) atoms. The Labute approximate surface area is 288 Å². The van der Waals surface area contributed by atoms with Gasteiger partial charge in [-0.2, -0.15) is 11.8 Å². The Kier molecular flexibility index (Phi) is 12.7. The predicted octanol–water partition coefficient (Wildman–Crippen LogP) is 5.57. The summed E-state index contributed by atoms with van der Waals surface area (Å²) in [5.41, 5.74) is 6.25. The van der Waals surface area contributed by atoms with Gasteiger partial charge in [-0.3, -0.25) is 14.6 Å². The number of hydrogen-bond acceptors (Lipinski definition) is 7. The van der Waals surface area contributed by atoms with Gasteiger partial charge in [-0.25, -0.2) is 4.79 Å². The fraction of sp³-hybridized carbons (Fsp3) is 0.568. The van der Waals surface area contributed by atoms with E-state index in [1.807, 2.05) is 24.8 Å². The van der Waals surface area contributed by atoms with Crippen LogP contribution < -0.4 is 31.9 Å². The number of carbonyl (C=O) groups excluding carboxylic acids is 3. The van der Waals surface area contributed by atoms with E-state index >= 15 is 0 Å². The molecule has 0 radical (unpaired) electrons. The molecule has 3 atom stereocenters. The minimum atomic E-state index is -0.0538. The van der Waals surface area contributed by atoms with E-state index in [2.05, 4.69) is 70.5 Å². The van der Waals surface area contributed by atoms with Crippen molar-refractivity contribution in [3.63, 3.8) is 0 Å². The topological polar surface area (TPSA) is 137 Å². The van der Waals surface area contributed by atoms with Crippen LogP contribution in [0.4, 0.5) is 10.5 Å². The van der Waals surface area contributed by atoms with Crippen molar-refractivity contribution in [3.8, 4) is 11.3 Å². The Hall–Kier alpha value is -3.73. The first-order valence-electron chi connectivity index (χ1n) is 17.7. The summed E-state index contributed by atoms with van der Waals surface area (Å²) >= 11 is 1.91. The number of rotatable bonds is 17. The molecule has 10 nitrogen and oxygen atoms in total. The molecular weight excluding hydrogens is 625 g/mol. The number of nitrogens with one attached hydrogen (secondary N) is 5. The fourth-order valence-electron chi connectivity index (χ4n) is 6.83. The van der Waals surface area contributed by atoms with Gasteiger partial charge in [-0.15, -0.1) is 0 Å². The minimum absolute atomic E-state index is 0.0406. The Morgan fingerprint density at radius 2 is 1.71 bits per heavy atom. The van der Waals surface area contributed by atoms with Crippen molar-refractivity contribution in [2.45, 2.75) is 103 Å². The summed E-state index contributed by atoms with van der Waals surface area (Å²) in [6, 6.07) is 8.82. The molecule has 0 aromatic heterocycles. The number of fused-ring (bicyclic) bond motifs is 3. The average molecular weight is 677 g/mol. The molecule has 1 aromatic rings. The summed E-state index contributed by atoms with van der Waals surface area (Å²) in [5.74, 6) is 1.89. The lowest BCUT2D eigenvalue weighted by Gasteiger charge is -2.18. The number of anilines is 1. The molecule has 11 heteroatoms. The fourth-order valence-corrected chi connectivity index (χ4v) is 8.38. The van der Waals surface area contributed by atoms with Crippen molar-refractivity contribution in [1.29, 1.82) is 0 Å². The van der Waals surface area contributed by atoms with Gasteiger partial charge in [0, 0.05) is 78.8 Å². The number of amides is 4. The van der Waals surface area contributed by atoms with E-state index in [1.54, 1.807) is 0 Å². The van der Waals surface area contributed by atoms with Gasteiger partial charge in [-0.05, 0) is 95.0 Å². The van der Waals surface area contributed by atoms with E-state index in [-0.39, 0.29) is 29.9 Å². The zero-order valence-corrected chi connectivity index (χ0v) is 29.7. The number of thioether (sulfide) groups is 1. The van der Waals surface area contributed by atoms with Crippen LogP contribution in [0.2, 0.25) is 0 Å². The highest BCUT2D eigenvalue weighted by Crippen LogP contribution is 2.37. The maximum absolute atomic E-state index is 12.9. The Morgan fingerprint density at radius 1 is 0.938 bits per heavy atom. The molecule has 0 unspecified atom stereocenters. The standard InChI is InChI=1S/C37H52N6O4S/c1-5-38-28-20-31-26(18-23(28)3)25(27-19-24(4)29(39-6-2)21-32(27)47-31)14-15-35(45)41-17-11-7-10-16-40-34(44)13-9-8-12-33-36-30(22-48-33)42-37(46)43-36/h18-21,30,33,36,38H,5-17,22H2,1-4H3,(H,40,44)(H,41,45)(H2,42,43,46)/t30-,33+,36+/m1/s1. The van der Waals surface area contributed by atoms with Crippen LogP contribution in [0.25, 0.3) is 22.3 Å². The Bertz CT molecular complexity index is 1640. The maximum Gasteiger partial charge on any atom is 0.315 e. The SMILES string of the molecule is CCN=c1cc2oc3cc(NCC)c(C)cc3c(CCC(=O)NCCCCCNC(=O)CCCC[C@@H]3SC[C@H]4NC(=O)N[C@H]34)c-2cc1C. The van der Waals surface area contributed by atoms with Crippen LogP contribution in [-0.4, -0.2) is 67.1 Å². The quantitative estimate of drug-likeness (QED) is 0.0721. The molecule has 260 valence electrons. The third kappa shape index (κ3) is 9.03. The van der Waals surface area contributed by atoms with Crippen LogP contribution >= 0.6 is 11.8 Å². The van der Waals surface area contributed by atoms with E-state index in [1.165, 1.54) is 0 Å². The van der Waals surface area contributed by atoms with Gasteiger partial charge < -0.3 is 31.0 Å². The zero-order chi connectivity index (χ0) is 34.0.